The zero-order chi connectivity index (χ0) is 8.48. The van der Waals surface area contributed by atoms with Crippen LogP contribution in [0.25, 0.3) is 0 Å². The van der Waals surface area contributed by atoms with Gasteiger partial charge < -0.3 is 0 Å². The third-order valence-corrected chi connectivity index (χ3v) is 4.54. The first kappa shape index (κ1) is 8.89. The van der Waals surface area contributed by atoms with E-state index in [1.807, 2.05) is 0 Å². The molecule has 0 aromatic carbocycles. The van der Waals surface area contributed by atoms with Crippen molar-refractivity contribution in [3.05, 3.63) is 12.2 Å². The molecule has 6 heteroatoms. The Kier molecular flexibility index (Phi) is 2.46. The number of hydrogen-bond acceptors (Lipinski definition) is 3. The molecule has 0 fully saturated rings. The van der Waals surface area contributed by atoms with E-state index < -0.39 is 21.0 Å². The predicted molar refractivity (Wildman–Crippen MR) is 43.7 cm³/mol. The number of rotatable bonds is 1. The highest BCUT2D eigenvalue weighted by Gasteiger charge is 2.23. The Morgan fingerprint density at radius 1 is 1.45 bits per heavy atom. The monoisotopic (exact) mass is 195 g/mol. The van der Waals surface area contributed by atoms with Crippen molar-refractivity contribution in [2.75, 3.05) is 18.6 Å². The van der Waals surface area contributed by atoms with Crippen LogP contribution in [-0.4, -0.2) is 34.9 Å². The molecule has 4 nitrogen and oxygen atoms in total. The van der Waals surface area contributed by atoms with Gasteiger partial charge in [-0.2, -0.15) is 0 Å². The van der Waals surface area contributed by atoms with Crippen LogP contribution in [-0.2, 0) is 21.0 Å². The second-order valence-electron chi connectivity index (χ2n) is 2.21. The number of hydrogen-bond donors (Lipinski definition) is 0. The summed E-state index contributed by atoms with van der Waals surface area (Å²) in [5, 5.41) is 0. The van der Waals surface area contributed by atoms with Crippen molar-refractivity contribution in [2.24, 2.45) is 0 Å². The quantitative estimate of drug-likeness (QED) is 0.529. The molecule has 1 aliphatic rings. The van der Waals surface area contributed by atoms with Crippen molar-refractivity contribution in [1.29, 1.82) is 0 Å². The van der Waals surface area contributed by atoms with E-state index in [4.69, 9.17) is 0 Å². The lowest BCUT2D eigenvalue weighted by Gasteiger charge is -2.18. The molecule has 0 saturated heterocycles. The highest BCUT2D eigenvalue weighted by Crippen LogP contribution is 2.07. The largest absolute Gasteiger partial charge is 0.241 e. The highest BCUT2D eigenvalue weighted by molar-refractivity contribution is 8.00. The van der Waals surface area contributed by atoms with Crippen LogP contribution in [0.15, 0.2) is 12.2 Å². The van der Waals surface area contributed by atoms with Crippen molar-refractivity contribution in [3.63, 3.8) is 0 Å². The molecule has 0 aliphatic carbocycles. The summed E-state index contributed by atoms with van der Waals surface area (Å²) in [4.78, 5) is 0. The van der Waals surface area contributed by atoms with Gasteiger partial charge in [0.15, 0.2) is 0 Å². The van der Waals surface area contributed by atoms with Gasteiger partial charge in [0, 0.05) is 6.54 Å². The SMILES string of the molecule is CS(=O)(=O)N1CC=CCS1=O. The van der Waals surface area contributed by atoms with Gasteiger partial charge in [-0.15, -0.1) is 3.71 Å². The Morgan fingerprint density at radius 2 is 2.09 bits per heavy atom. The van der Waals surface area contributed by atoms with Crippen LogP contribution in [0.4, 0.5) is 0 Å². The molecular weight excluding hydrogens is 186 g/mol. The van der Waals surface area contributed by atoms with Gasteiger partial charge in [0.25, 0.3) is 0 Å². The third kappa shape index (κ3) is 2.11. The predicted octanol–water partition coefficient (Wildman–Crippen LogP) is -0.518. The molecule has 1 aliphatic heterocycles. The summed E-state index contributed by atoms with van der Waals surface area (Å²) in [5.41, 5.74) is 0. The minimum Gasteiger partial charge on any atom is -0.241 e. The summed E-state index contributed by atoms with van der Waals surface area (Å²) in [6.45, 7) is 0.228. The molecule has 0 radical (unpaired) electrons. The molecule has 0 amide bonds. The molecule has 0 aromatic heterocycles. The Labute approximate surface area is 68.5 Å². The van der Waals surface area contributed by atoms with Gasteiger partial charge in [-0.3, -0.25) is 0 Å². The number of sulfonamides is 1. The van der Waals surface area contributed by atoms with E-state index in [-0.39, 0.29) is 6.54 Å². The minimum absolute atomic E-state index is 0.228. The lowest BCUT2D eigenvalue weighted by molar-refractivity contribution is 0.549. The molecule has 0 saturated carbocycles. The van der Waals surface area contributed by atoms with Gasteiger partial charge in [0.1, 0.15) is 11.0 Å². The van der Waals surface area contributed by atoms with Gasteiger partial charge >= 0.3 is 0 Å². The first-order valence-electron chi connectivity index (χ1n) is 3.03. The van der Waals surface area contributed by atoms with E-state index in [2.05, 4.69) is 0 Å². The average molecular weight is 195 g/mol. The first-order chi connectivity index (χ1) is 5.02. The maximum atomic E-state index is 11.0. The normalized spacial score (nSPS) is 27.2. The fraction of sp³-hybridized carbons (Fsp3) is 0.600. The Bertz CT molecular complexity index is 293. The van der Waals surface area contributed by atoms with E-state index in [1.54, 1.807) is 12.2 Å². The van der Waals surface area contributed by atoms with Crippen LogP contribution in [0.2, 0.25) is 0 Å². The van der Waals surface area contributed by atoms with E-state index in [0.717, 1.165) is 9.97 Å². The standard InChI is InChI=1S/C5H9NO3S2/c1-11(8,9)6-4-2-3-5-10(6)7/h2-3H,4-5H2,1H3. The summed E-state index contributed by atoms with van der Waals surface area (Å²) in [6.07, 6.45) is 4.48. The number of nitrogens with zero attached hydrogens (tertiary/aromatic N) is 1. The molecule has 0 bridgehead atoms. The maximum Gasteiger partial charge on any atom is 0.222 e. The van der Waals surface area contributed by atoms with Gasteiger partial charge in [-0.05, 0) is 0 Å². The summed E-state index contributed by atoms with van der Waals surface area (Å²) < 4.78 is 33.8. The Morgan fingerprint density at radius 3 is 2.45 bits per heavy atom. The van der Waals surface area contributed by atoms with Crippen LogP contribution in [0.3, 0.4) is 0 Å². The van der Waals surface area contributed by atoms with E-state index in [9.17, 15) is 12.6 Å². The van der Waals surface area contributed by atoms with E-state index in [1.165, 1.54) is 0 Å². The van der Waals surface area contributed by atoms with Crippen LogP contribution in [0, 0.1) is 0 Å². The molecule has 11 heavy (non-hydrogen) atoms. The topological polar surface area (TPSA) is 54.5 Å². The summed E-state index contributed by atoms with van der Waals surface area (Å²) in [7, 11) is -4.68. The summed E-state index contributed by atoms with van der Waals surface area (Å²) in [5.74, 6) is 0.299. The van der Waals surface area contributed by atoms with E-state index >= 15 is 0 Å². The van der Waals surface area contributed by atoms with Gasteiger partial charge in [0.05, 0.1) is 12.0 Å². The molecule has 0 aromatic rings. The lowest BCUT2D eigenvalue weighted by Crippen LogP contribution is -2.35. The highest BCUT2D eigenvalue weighted by atomic mass is 32.3. The third-order valence-electron chi connectivity index (χ3n) is 1.26. The molecular formula is C5H9NO3S2. The van der Waals surface area contributed by atoms with Crippen molar-refractivity contribution >= 4 is 21.0 Å². The van der Waals surface area contributed by atoms with Crippen LogP contribution in [0.1, 0.15) is 0 Å². The first-order valence-corrected chi connectivity index (χ1v) is 6.15. The second-order valence-corrected chi connectivity index (χ2v) is 5.76. The summed E-state index contributed by atoms with van der Waals surface area (Å²) in [6, 6.07) is 0. The van der Waals surface area contributed by atoms with Gasteiger partial charge in [-0.25, -0.2) is 12.6 Å². The molecule has 1 unspecified atom stereocenters. The molecule has 1 heterocycles. The fourth-order valence-corrected chi connectivity index (χ4v) is 3.23. The summed E-state index contributed by atoms with van der Waals surface area (Å²) >= 11 is 0. The molecule has 1 rings (SSSR count). The molecule has 64 valence electrons. The van der Waals surface area contributed by atoms with Crippen LogP contribution >= 0.6 is 0 Å². The molecule has 1 atom stereocenters. The minimum atomic E-state index is -3.29. The van der Waals surface area contributed by atoms with Crippen molar-refractivity contribution in [3.8, 4) is 0 Å². The smallest absolute Gasteiger partial charge is 0.222 e. The van der Waals surface area contributed by atoms with E-state index in [0.29, 0.717) is 5.75 Å². The average Bonchev–Trinajstić information content (AvgIpc) is 1.86. The molecule has 0 spiro atoms. The Balaban J connectivity index is 2.90. The lowest BCUT2D eigenvalue weighted by atomic mass is 10.5. The zero-order valence-electron chi connectivity index (χ0n) is 6.06. The van der Waals surface area contributed by atoms with Crippen molar-refractivity contribution < 1.29 is 12.6 Å². The van der Waals surface area contributed by atoms with Crippen LogP contribution in [0.5, 0.6) is 0 Å². The van der Waals surface area contributed by atoms with Gasteiger partial charge in [-0.1, -0.05) is 12.2 Å². The zero-order valence-corrected chi connectivity index (χ0v) is 7.69. The molecule has 0 N–H and O–H groups in total. The fourth-order valence-electron chi connectivity index (χ4n) is 0.764. The Hall–Kier alpha value is -0.200. The van der Waals surface area contributed by atoms with Crippen molar-refractivity contribution in [1.82, 2.24) is 3.71 Å². The van der Waals surface area contributed by atoms with Crippen LogP contribution < -0.4 is 0 Å². The van der Waals surface area contributed by atoms with Gasteiger partial charge in [0.2, 0.25) is 10.0 Å². The maximum absolute atomic E-state index is 11.0. The second kappa shape index (κ2) is 3.04. The van der Waals surface area contributed by atoms with Crippen molar-refractivity contribution in [2.45, 2.75) is 0 Å².